The molecule has 10 heteroatoms. The maximum absolute atomic E-state index is 13.5. The summed E-state index contributed by atoms with van der Waals surface area (Å²) in [4.78, 5) is 27.5. The molecule has 0 saturated carbocycles. The molecule has 35 heavy (non-hydrogen) atoms. The molecule has 0 aliphatic carbocycles. The standard InChI is InChI=1S/C25H29F3N2O4S/c1-17(2)15-22(23(31)29-35(33,34)14-13-19-9-6-5-7-10-19)24(32)30(18(3)4)21-12-8-11-20(16-21)25(26,27)28/h5-14,16-18,22H,15H2,1-4H3,(H,29,31)/b14-13+. The Kier molecular flexibility index (Phi) is 9.25. The Morgan fingerprint density at radius 2 is 1.63 bits per heavy atom. The minimum atomic E-state index is -4.62. The maximum Gasteiger partial charge on any atom is 0.416 e. The van der Waals surface area contributed by atoms with Crippen molar-refractivity contribution in [2.45, 2.75) is 46.3 Å². The first-order valence-corrected chi connectivity index (χ1v) is 12.6. The number of benzene rings is 2. The predicted octanol–water partition coefficient (Wildman–Crippen LogP) is 5.23. The van der Waals surface area contributed by atoms with Crippen molar-refractivity contribution in [1.29, 1.82) is 0 Å². The lowest BCUT2D eigenvalue weighted by atomic mass is 9.94. The minimum Gasteiger partial charge on any atom is -0.309 e. The molecule has 0 aromatic heterocycles. The Labute approximate surface area is 203 Å². The third kappa shape index (κ3) is 8.24. The zero-order valence-electron chi connectivity index (χ0n) is 19.9. The molecule has 2 aromatic carbocycles. The third-order valence-corrected chi connectivity index (χ3v) is 5.99. The van der Waals surface area contributed by atoms with E-state index >= 15 is 0 Å². The minimum absolute atomic E-state index is 0.00473. The molecule has 190 valence electrons. The number of nitrogens with one attached hydrogen (secondary N) is 1. The van der Waals surface area contributed by atoms with Crippen molar-refractivity contribution in [3.63, 3.8) is 0 Å². The molecule has 0 fully saturated rings. The van der Waals surface area contributed by atoms with E-state index in [0.717, 1.165) is 22.4 Å². The molecule has 1 atom stereocenters. The lowest BCUT2D eigenvalue weighted by Gasteiger charge is -2.31. The molecule has 0 radical (unpaired) electrons. The summed E-state index contributed by atoms with van der Waals surface area (Å²) in [5.41, 5.74) is -0.379. The molecular formula is C25H29F3N2O4S. The average Bonchev–Trinajstić information content (AvgIpc) is 2.76. The Morgan fingerprint density at radius 3 is 2.17 bits per heavy atom. The molecule has 2 amide bonds. The van der Waals surface area contributed by atoms with Crippen LogP contribution in [0, 0.1) is 11.8 Å². The van der Waals surface area contributed by atoms with Gasteiger partial charge in [0.25, 0.3) is 10.0 Å². The maximum atomic E-state index is 13.5. The fourth-order valence-electron chi connectivity index (χ4n) is 3.45. The van der Waals surface area contributed by atoms with Crippen LogP contribution in [0.5, 0.6) is 0 Å². The highest BCUT2D eigenvalue weighted by Gasteiger charge is 2.36. The predicted molar refractivity (Wildman–Crippen MR) is 130 cm³/mol. The molecule has 0 saturated heterocycles. The lowest BCUT2D eigenvalue weighted by molar-refractivity contribution is -0.138. The van der Waals surface area contributed by atoms with Crippen LogP contribution in [0.2, 0.25) is 0 Å². The number of carbonyl (C=O) groups is 2. The van der Waals surface area contributed by atoms with Crippen molar-refractivity contribution >= 4 is 33.6 Å². The van der Waals surface area contributed by atoms with Crippen LogP contribution in [-0.4, -0.2) is 26.3 Å². The van der Waals surface area contributed by atoms with E-state index in [2.05, 4.69) is 0 Å². The van der Waals surface area contributed by atoms with Crippen LogP contribution in [0.1, 0.15) is 45.2 Å². The summed E-state index contributed by atoms with van der Waals surface area (Å²) >= 11 is 0. The highest BCUT2D eigenvalue weighted by molar-refractivity contribution is 7.93. The summed E-state index contributed by atoms with van der Waals surface area (Å²) in [6.45, 7) is 6.70. The second-order valence-electron chi connectivity index (χ2n) is 8.76. The van der Waals surface area contributed by atoms with Crippen molar-refractivity contribution in [2.24, 2.45) is 11.8 Å². The smallest absolute Gasteiger partial charge is 0.309 e. The Hall–Kier alpha value is -3.14. The van der Waals surface area contributed by atoms with Crippen molar-refractivity contribution < 1.29 is 31.2 Å². The Balaban J connectivity index is 2.36. The molecule has 2 aromatic rings. The Bertz CT molecular complexity index is 1160. The van der Waals surface area contributed by atoms with Gasteiger partial charge < -0.3 is 4.90 Å². The van der Waals surface area contributed by atoms with Crippen LogP contribution < -0.4 is 9.62 Å². The van der Waals surface area contributed by atoms with Gasteiger partial charge in [-0.05, 0) is 56.0 Å². The van der Waals surface area contributed by atoms with E-state index in [9.17, 15) is 31.2 Å². The summed E-state index contributed by atoms with van der Waals surface area (Å²) in [6.07, 6.45) is -3.31. The number of rotatable bonds is 9. The number of amides is 2. The summed E-state index contributed by atoms with van der Waals surface area (Å²) in [7, 11) is -4.23. The molecule has 0 aliphatic heterocycles. The SMILES string of the molecule is CC(C)CC(C(=O)NS(=O)(=O)/C=C/c1ccccc1)C(=O)N(c1cccc(C(F)(F)F)c1)C(C)C. The quantitative estimate of drug-likeness (QED) is 0.469. The fourth-order valence-corrected chi connectivity index (χ4v) is 4.28. The van der Waals surface area contributed by atoms with Crippen LogP contribution in [0.4, 0.5) is 18.9 Å². The van der Waals surface area contributed by atoms with E-state index in [1.165, 1.54) is 18.2 Å². The van der Waals surface area contributed by atoms with Crippen molar-refractivity contribution in [1.82, 2.24) is 4.72 Å². The molecule has 0 spiro atoms. The number of hydrogen-bond donors (Lipinski definition) is 1. The topological polar surface area (TPSA) is 83.5 Å². The van der Waals surface area contributed by atoms with E-state index in [1.807, 2.05) is 4.72 Å². The van der Waals surface area contributed by atoms with Gasteiger partial charge in [0.15, 0.2) is 0 Å². The van der Waals surface area contributed by atoms with E-state index in [0.29, 0.717) is 5.56 Å². The van der Waals surface area contributed by atoms with Crippen molar-refractivity contribution in [3.05, 3.63) is 71.1 Å². The Morgan fingerprint density at radius 1 is 1.00 bits per heavy atom. The number of halogens is 3. The number of carbonyl (C=O) groups excluding carboxylic acids is 2. The molecule has 6 nitrogen and oxygen atoms in total. The van der Waals surface area contributed by atoms with E-state index in [1.54, 1.807) is 58.0 Å². The van der Waals surface area contributed by atoms with Crippen molar-refractivity contribution in [2.75, 3.05) is 4.90 Å². The van der Waals surface area contributed by atoms with Gasteiger partial charge in [-0.1, -0.05) is 50.2 Å². The first-order valence-electron chi connectivity index (χ1n) is 11.0. The zero-order chi connectivity index (χ0) is 26.4. The van der Waals surface area contributed by atoms with Gasteiger partial charge in [0.05, 0.1) is 11.0 Å². The highest BCUT2D eigenvalue weighted by atomic mass is 32.2. The normalized spacial score (nSPS) is 13.3. The first-order chi connectivity index (χ1) is 16.2. The first kappa shape index (κ1) is 28.1. The summed E-state index contributed by atoms with van der Waals surface area (Å²) in [5.74, 6) is -3.42. The van der Waals surface area contributed by atoms with E-state index in [-0.39, 0.29) is 18.0 Å². The van der Waals surface area contributed by atoms with Gasteiger partial charge in [-0.15, -0.1) is 0 Å². The van der Waals surface area contributed by atoms with E-state index in [4.69, 9.17) is 0 Å². The van der Waals surface area contributed by atoms with E-state index < -0.39 is 45.5 Å². The van der Waals surface area contributed by atoms with Crippen LogP contribution >= 0.6 is 0 Å². The van der Waals surface area contributed by atoms with Gasteiger partial charge in [0.1, 0.15) is 5.92 Å². The number of alkyl halides is 3. The highest BCUT2D eigenvalue weighted by Crippen LogP contribution is 2.33. The van der Waals surface area contributed by atoms with Gasteiger partial charge in [0.2, 0.25) is 11.8 Å². The average molecular weight is 511 g/mol. The van der Waals surface area contributed by atoms with Crippen LogP contribution in [0.3, 0.4) is 0 Å². The molecule has 0 heterocycles. The number of nitrogens with zero attached hydrogens (tertiary/aromatic N) is 1. The molecule has 0 aliphatic rings. The summed E-state index contributed by atoms with van der Waals surface area (Å²) in [5, 5.41) is 0.824. The molecular weight excluding hydrogens is 481 g/mol. The van der Waals surface area contributed by atoms with Gasteiger partial charge in [-0.2, -0.15) is 13.2 Å². The monoisotopic (exact) mass is 510 g/mol. The van der Waals surface area contributed by atoms with Gasteiger partial charge in [0, 0.05) is 11.7 Å². The summed E-state index contributed by atoms with van der Waals surface area (Å²) in [6, 6.07) is 12.2. The number of sulfonamides is 1. The molecule has 2 rings (SSSR count). The lowest BCUT2D eigenvalue weighted by Crippen LogP contribution is -2.48. The number of hydrogen-bond acceptors (Lipinski definition) is 4. The van der Waals surface area contributed by atoms with Gasteiger partial charge >= 0.3 is 6.18 Å². The third-order valence-electron chi connectivity index (χ3n) is 5.01. The molecule has 1 unspecified atom stereocenters. The van der Waals surface area contributed by atoms with Crippen LogP contribution in [0.25, 0.3) is 6.08 Å². The van der Waals surface area contributed by atoms with Crippen molar-refractivity contribution in [3.8, 4) is 0 Å². The van der Waals surface area contributed by atoms with Gasteiger partial charge in [-0.3, -0.25) is 9.59 Å². The second-order valence-corrected chi connectivity index (χ2v) is 10.3. The number of anilines is 1. The second kappa shape index (κ2) is 11.5. The van der Waals surface area contributed by atoms with Crippen LogP contribution in [-0.2, 0) is 25.8 Å². The van der Waals surface area contributed by atoms with Gasteiger partial charge in [-0.25, -0.2) is 13.1 Å². The van der Waals surface area contributed by atoms with Crippen LogP contribution in [0.15, 0.2) is 60.0 Å². The largest absolute Gasteiger partial charge is 0.416 e. The molecule has 0 bridgehead atoms. The fraction of sp³-hybridized carbons (Fsp3) is 0.360. The summed E-state index contributed by atoms with van der Waals surface area (Å²) < 4.78 is 66.6. The zero-order valence-corrected chi connectivity index (χ0v) is 20.7. The molecule has 1 N–H and O–H groups in total.